The third-order valence-corrected chi connectivity index (χ3v) is 6.63. The number of ether oxygens (including phenoxy) is 1. The third kappa shape index (κ3) is 7.30. The Labute approximate surface area is 207 Å². The van der Waals surface area contributed by atoms with E-state index in [1.807, 2.05) is 24.3 Å². The molecule has 3 aromatic rings. The normalized spacial score (nSPS) is 14.3. The summed E-state index contributed by atoms with van der Waals surface area (Å²) in [4.78, 5) is 21.3. The highest BCUT2D eigenvalue weighted by Crippen LogP contribution is 2.21. The number of hydrogen-bond donors (Lipinski definition) is 1. The van der Waals surface area contributed by atoms with Crippen molar-refractivity contribution in [1.82, 2.24) is 19.6 Å². The van der Waals surface area contributed by atoms with Crippen LogP contribution in [0.2, 0.25) is 10.0 Å². The number of anilines is 1. The monoisotopic (exact) mass is 505 g/mol. The fourth-order valence-electron chi connectivity index (χ4n) is 3.48. The summed E-state index contributed by atoms with van der Waals surface area (Å²) >= 11 is 13.2. The second-order valence-corrected chi connectivity index (χ2v) is 9.32. The molecule has 0 bridgehead atoms. The molecule has 2 heterocycles. The molecule has 1 N–H and O–H groups in total. The van der Waals surface area contributed by atoms with Crippen molar-refractivity contribution in [3.63, 3.8) is 0 Å². The van der Waals surface area contributed by atoms with Crippen molar-refractivity contribution in [2.75, 3.05) is 50.8 Å². The van der Waals surface area contributed by atoms with Gasteiger partial charge in [0.15, 0.2) is 6.61 Å². The molecule has 0 unspecified atom stereocenters. The van der Waals surface area contributed by atoms with Crippen LogP contribution in [0.15, 0.2) is 48.5 Å². The first-order valence-electron chi connectivity index (χ1n) is 10.7. The molecule has 1 aliphatic rings. The molecule has 2 aromatic carbocycles. The van der Waals surface area contributed by atoms with Crippen LogP contribution in [-0.2, 0) is 11.2 Å². The first-order chi connectivity index (χ1) is 16.0. The van der Waals surface area contributed by atoms with E-state index in [1.54, 1.807) is 24.3 Å². The summed E-state index contributed by atoms with van der Waals surface area (Å²) in [6.07, 6.45) is 0.703. The van der Waals surface area contributed by atoms with Crippen LogP contribution < -0.4 is 15.0 Å². The maximum atomic E-state index is 12.0. The highest BCUT2D eigenvalue weighted by Gasteiger charge is 2.20. The highest BCUT2D eigenvalue weighted by molar-refractivity contribution is 7.09. The molecule has 33 heavy (non-hydrogen) atoms. The predicted octanol–water partition coefficient (Wildman–Crippen LogP) is 3.75. The summed E-state index contributed by atoms with van der Waals surface area (Å²) in [5.41, 5.74) is 1.15. The van der Waals surface area contributed by atoms with Crippen molar-refractivity contribution >= 4 is 45.8 Å². The third-order valence-electron chi connectivity index (χ3n) is 5.31. The van der Waals surface area contributed by atoms with Gasteiger partial charge < -0.3 is 15.0 Å². The maximum Gasteiger partial charge on any atom is 0.257 e. The number of nitrogens with zero attached hydrogens (tertiary/aromatic N) is 4. The van der Waals surface area contributed by atoms with Gasteiger partial charge in [-0.05, 0) is 42.0 Å². The van der Waals surface area contributed by atoms with Crippen molar-refractivity contribution in [3.05, 3.63) is 70.0 Å². The number of aromatic nitrogens is 2. The van der Waals surface area contributed by atoms with E-state index in [0.717, 1.165) is 54.3 Å². The molecule has 174 valence electrons. The Morgan fingerprint density at radius 2 is 1.67 bits per heavy atom. The number of hydrogen-bond acceptors (Lipinski definition) is 7. The summed E-state index contributed by atoms with van der Waals surface area (Å²) in [6.45, 7) is 5.01. The number of benzene rings is 2. The number of piperazine rings is 1. The fourth-order valence-corrected chi connectivity index (χ4v) is 4.47. The SMILES string of the molecule is O=C(COc1ccc(Cl)cc1)NCCN1CCN(c2nc(Cc3ccc(Cl)cc3)ns2)CC1. The van der Waals surface area contributed by atoms with Crippen molar-refractivity contribution in [1.29, 1.82) is 0 Å². The molecule has 7 nitrogen and oxygen atoms in total. The van der Waals surface area contributed by atoms with Gasteiger partial charge in [0.1, 0.15) is 11.6 Å². The molecule has 1 aromatic heterocycles. The van der Waals surface area contributed by atoms with Crippen LogP contribution in [0.3, 0.4) is 0 Å². The number of nitrogens with one attached hydrogen (secondary N) is 1. The molecule has 1 amide bonds. The quantitative estimate of drug-likeness (QED) is 0.477. The molecule has 0 radical (unpaired) electrons. The van der Waals surface area contributed by atoms with Crippen molar-refractivity contribution in [2.24, 2.45) is 0 Å². The van der Waals surface area contributed by atoms with Crippen LogP contribution in [0.25, 0.3) is 0 Å². The van der Waals surface area contributed by atoms with Crippen LogP contribution in [0.4, 0.5) is 5.13 Å². The summed E-state index contributed by atoms with van der Waals surface area (Å²) in [5.74, 6) is 1.33. The van der Waals surface area contributed by atoms with E-state index in [9.17, 15) is 4.79 Å². The summed E-state index contributed by atoms with van der Waals surface area (Å²) in [6, 6.07) is 14.7. The van der Waals surface area contributed by atoms with Gasteiger partial charge in [-0.25, -0.2) is 4.98 Å². The van der Waals surface area contributed by atoms with Gasteiger partial charge in [-0.3, -0.25) is 9.69 Å². The number of rotatable bonds is 9. The standard InChI is InChI=1S/C23H25Cl2N5O2S/c24-18-3-1-17(2-4-18)15-21-27-23(33-28-21)30-13-11-29(12-14-30)10-9-26-22(31)16-32-20-7-5-19(25)6-8-20/h1-8H,9-16H2,(H,26,31). The highest BCUT2D eigenvalue weighted by atomic mass is 35.5. The maximum absolute atomic E-state index is 12.0. The van der Waals surface area contributed by atoms with E-state index in [4.69, 9.17) is 32.9 Å². The lowest BCUT2D eigenvalue weighted by atomic mass is 10.1. The van der Waals surface area contributed by atoms with Crippen molar-refractivity contribution in [2.45, 2.75) is 6.42 Å². The molecule has 0 spiro atoms. The van der Waals surface area contributed by atoms with Crippen LogP contribution in [0, 0.1) is 0 Å². The molecule has 1 aliphatic heterocycles. The molecule has 10 heteroatoms. The second-order valence-electron chi connectivity index (χ2n) is 7.72. The Bertz CT molecular complexity index is 1040. The van der Waals surface area contributed by atoms with Gasteiger partial charge in [0.05, 0.1) is 0 Å². The van der Waals surface area contributed by atoms with Gasteiger partial charge in [0.2, 0.25) is 5.13 Å². The van der Waals surface area contributed by atoms with E-state index in [2.05, 4.69) is 19.5 Å². The van der Waals surface area contributed by atoms with Crippen LogP contribution in [0.1, 0.15) is 11.4 Å². The van der Waals surface area contributed by atoms with Gasteiger partial charge in [-0.15, -0.1) is 0 Å². The topological polar surface area (TPSA) is 70.6 Å². The van der Waals surface area contributed by atoms with E-state index in [1.165, 1.54) is 11.5 Å². The average Bonchev–Trinajstić information content (AvgIpc) is 3.29. The van der Waals surface area contributed by atoms with Gasteiger partial charge >= 0.3 is 0 Å². The summed E-state index contributed by atoms with van der Waals surface area (Å²) in [7, 11) is 0. The van der Waals surface area contributed by atoms with E-state index < -0.39 is 0 Å². The molecule has 1 fully saturated rings. The Morgan fingerprint density at radius 1 is 1.00 bits per heavy atom. The zero-order chi connectivity index (χ0) is 23.0. The van der Waals surface area contributed by atoms with Crippen molar-refractivity contribution < 1.29 is 9.53 Å². The van der Waals surface area contributed by atoms with Gasteiger partial charge in [-0.1, -0.05) is 35.3 Å². The smallest absolute Gasteiger partial charge is 0.257 e. The molecule has 0 saturated carbocycles. The van der Waals surface area contributed by atoms with Crippen molar-refractivity contribution in [3.8, 4) is 5.75 Å². The van der Waals surface area contributed by atoms with Gasteiger partial charge in [0, 0.05) is 67.3 Å². The largest absolute Gasteiger partial charge is 0.484 e. The average molecular weight is 506 g/mol. The number of halogens is 2. The lowest BCUT2D eigenvalue weighted by molar-refractivity contribution is -0.123. The van der Waals surface area contributed by atoms with E-state index in [-0.39, 0.29) is 12.5 Å². The Hall–Kier alpha value is -2.39. The minimum atomic E-state index is -0.134. The van der Waals surface area contributed by atoms with E-state index >= 15 is 0 Å². The second kappa shape index (κ2) is 11.7. The van der Waals surface area contributed by atoms with Gasteiger partial charge in [-0.2, -0.15) is 4.37 Å². The molecular formula is C23H25Cl2N5O2S. The number of amides is 1. The minimum absolute atomic E-state index is 0.00912. The minimum Gasteiger partial charge on any atom is -0.484 e. The summed E-state index contributed by atoms with van der Waals surface area (Å²) < 4.78 is 9.98. The first kappa shape index (κ1) is 23.8. The Balaban J connectivity index is 1.14. The molecule has 0 atom stereocenters. The van der Waals surface area contributed by atoms with Gasteiger partial charge in [0.25, 0.3) is 5.91 Å². The number of carbonyl (C=O) groups is 1. The molecule has 1 saturated heterocycles. The number of carbonyl (C=O) groups excluding carboxylic acids is 1. The Morgan fingerprint density at radius 3 is 2.36 bits per heavy atom. The molecular weight excluding hydrogens is 481 g/mol. The summed E-state index contributed by atoms with van der Waals surface area (Å²) in [5, 5.41) is 5.24. The van der Waals surface area contributed by atoms with Crippen LogP contribution >= 0.6 is 34.7 Å². The zero-order valence-electron chi connectivity index (χ0n) is 18.0. The molecule has 0 aliphatic carbocycles. The predicted molar refractivity (Wildman–Crippen MR) is 133 cm³/mol. The van der Waals surface area contributed by atoms with Crippen LogP contribution in [0.5, 0.6) is 5.75 Å². The molecule has 4 rings (SSSR count). The van der Waals surface area contributed by atoms with Crippen LogP contribution in [-0.4, -0.2) is 66.0 Å². The van der Waals surface area contributed by atoms with E-state index in [0.29, 0.717) is 23.7 Å². The first-order valence-corrected chi connectivity index (χ1v) is 12.3. The fraction of sp³-hybridized carbons (Fsp3) is 0.348. The Kier molecular flexibility index (Phi) is 8.39. The lowest BCUT2D eigenvalue weighted by Gasteiger charge is -2.34. The lowest BCUT2D eigenvalue weighted by Crippen LogP contribution is -2.48. The zero-order valence-corrected chi connectivity index (χ0v) is 20.4.